The van der Waals surface area contributed by atoms with E-state index in [9.17, 15) is 19.5 Å². The lowest BCUT2D eigenvalue weighted by Gasteiger charge is -2.64. The highest BCUT2D eigenvalue weighted by Gasteiger charge is 2.75. The normalized spacial score (nSPS) is 48.9. The van der Waals surface area contributed by atoms with Gasteiger partial charge in [-0.1, -0.05) is 19.4 Å². The topological polar surface area (TPSA) is 80.7 Å². The van der Waals surface area contributed by atoms with E-state index in [2.05, 4.69) is 0 Å². The average Bonchev–Trinajstić information content (AvgIpc) is 2.89. The zero-order chi connectivity index (χ0) is 23.0. The number of halogens is 3. The third-order valence-corrected chi connectivity index (χ3v) is 10.6. The van der Waals surface area contributed by atoms with E-state index in [0.29, 0.717) is 25.7 Å². The maximum Gasteiger partial charge on any atom is 0.303 e. The van der Waals surface area contributed by atoms with Crippen LogP contribution in [0.3, 0.4) is 0 Å². The highest BCUT2D eigenvalue weighted by molar-refractivity contribution is 6.33. The lowest BCUT2D eigenvalue weighted by molar-refractivity contribution is -0.174. The molecule has 0 aromatic rings. The fourth-order valence-electron chi connectivity index (χ4n) is 7.25. The van der Waals surface area contributed by atoms with Crippen LogP contribution in [0.1, 0.15) is 59.3 Å². The average molecular weight is 475 g/mol. The molecule has 0 aromatic carbocycles. The number of ether oxygens (including phenoxy) is 1. The van der Waals surface area contributed by atoms with Crippen molar-refractivity contribution >= 4 is 40.7 Å². The molecule has 0 saturated heterocycles. The number of hydrogen-bond donors (Lipinski definition) is 1. The molecule has 4 aliphatic rings. The van der Waals surface area contributed by atoms with E-state index in [0.717, 1.165) is 12.5 Å². The first kappa shape index (κ1) is 23.2. The van der Waals surface area contributed by atoms with E-state index in [4.69, 9.17) is 27.9 Å². The van der Waals surface area contributed by atoms with Crippen LogP contribution in [0.2, 0.25) is 0 Å². The van der Waals surface area contributed by atoms with Crippen LogP contribution in [-0.4, -0.2) is 51.3 Å². The van der Waals surface area contributed by atoms with Gasteiger partial charge in [-0.25, -0.2) is 4.39 Å². The number of carbonyl (C=O) groups excluding carboxylic acids is 3. The molecule has 3 saturated carbocycles. The predicted molar refractivity (Wildman–Crippen MR) is 114 cm³/mol. The van der Waals surface area contributed by atoms with E-state index < -0.39 is 51.2 Å². The second-order valence-electron chi connectivity index (χ2n) is 10.2. The summed E-state index contributed by atoms with van der Waals surface area (Å²) in [6, 6.07) is 0. The molecule has 1 N–H and O–H groups in total. The van der Waals surface area contributed by atoms with Crippen LogP contribution < -0.4 is 0 Å². The molecule has 0 heterocycles. The van der Waals surface area contributed by atoms with Crippen LogP contribution in [-0.2, 0) is 19.1 Å². The number of hydrogen-bond acceptors (Lipinski definition) is 5. The molecular formula is C23H29Cl2FO5. The molecule has 3 fully saturated rings. The lowest BCUT2D eigenvalue weighted by Crippen LogP contribution is -2.68. The molecule has 172 valence electrons. The highest BCUT2D eigenvalue weighted by atomic mass is 35.5. The standard InChI is InChI=1S/C23H29Cl2FO5/c1-12(27)31-11-19(29)23(30)18(26)9-16-15-5-4-13-8-14(28)6-7-20(13,2)22(15,25)17(24)10-21(16,23)3/h8,15-18,30H,4-7,9-11H2,1-3H3/t15-,16-,17-,18+,20-,21-,22-,23-/m0/s1. The number of Topliss-reactive ketones (excluding diaryl/α,β-unsaturated/α-hetero) is 1. The van der Waals surface area contributed by atoms with Gasteiger partial charge in [-0.2, -0.15) is 0 Å². The summed E-state index contributed by atoms with van der Waals surface area (Å²) in [7, 11) is 0. The van der Waals surface area contributed by atoms with E-state index in [1.807, 2.05) is 6.92 Å². The molecule has 0 spiro atoms. The largest absolute Gasteiger partial charge is 0.458 e. The first-order valence-electron chi connectivity index (χ1n) is 10.9. The Bertz CT molecular complexity index is 876. The van der Waals surface area contributed by atoms with Gasteiger partial charge in [-0.3, -0.25) is 14.4 Å². The summed E-state index contributed by atoms with van der Waals surface area (Å²) >= 11 is 14.4. The van der Waals surface area contributed by atoms with Crippen molar-refractivity contribution in [2.45, 2.75) is 81.3 Å². The van der Waals surface area contributed by atoms with Crippen LogP contribution in [0, 0.1) is 22.7 Å². The van der Waals surface area contributed by atoms with Gasteiger partial charge in [0.2, 0.25) is 5.78 Å². The predicted octanol–water partition coefficient (Wildman–Crippen LogP) is 3.91. The van der Waals surface area contributed by atoms with Crippen molar-refractivity contribution in [3.8, 4) is 0 Å². The summed E-state index contributed by atoms with van der Waals surface area (Å²) in [6.45, 7) is 4.24. The van der Waals surface area contributed by atoms with E-state index in [1.165, 1.54) is 0 Å². The van der Waals surface area contributed by atoms with Crippen LogP contribution in [0.4, 0.5) is 4.39 Å². The molecule has 4 aliphatic carbocycles. The Morgan fingerprint density at radius 3 is 2.61 bits per heavy atom. The lowest BCUT2D eigenvalue weighted by atomic mass is 9.45. The van der Waals surface area contributed by atoms with Gasteiger partial charge in [0.05, 0.1) is 10.3 Å². The second-order valence-corrected chi connectivity index (χ2v) is 11.4. The number of alkyl halides is 3. The third kappa shape index (κ3) is 2.86. The Hall–Kier alpha value is -0.980. The molecule has 0 radical (unpaired) electrons. The minimum Gasteiger partial charge on any atom is -0.458 e. The van der Waals surface area contributed by atoms with Crippen molar-refractivity contribution in [3.63, 3.8) is 0 Å². The number of fused-ring (bicyclic) bond motifs is 5. The second kappa shape index (κ2) is 7.26. The molecule has 0 bridgehead atoms. The molecule has 0 unspecified atom stereocenters. The monoisotopic (exact) mass is 474 g/mol. The summed E-state index contributed by atoms with van der Waals surface area (Å²) in [5, 5.41) is 10.8. The van der Waals surface area contributed by atoms with Crippen molar-refractivity contribution in [1.29, 1.82) is 0 Å². The summed E-state index contributed by atoms with van der Waals surface area (Å²) < 4.78 is 20.2. The van der Waals surface area contributed by atoms with Gasteiger partial charge in [0.15, 0.2) is 18.0 Å². The fraction of sp³-hybridized carbons (Fsp3) is 0.783. The van der Waals surface area contributed by atoms with Crippen LogP contribution in [0.25, 0.3) is 0 Å². The van der Waals surface area contributed by atoms with Crippen molar-refractivity contribution < 1.29 is 28.6 Å². The van der Waals surface area contributed by atoms with Gasteiger partial charge in [0.25, 0.3) is 0 Å². The maximum atomic E-state index is 15.4. The molecule has 31 heavy (non-hydrogen) atoms. The van der Waals surface area contributed by atoms with Crippen molar-refractivity contribution in [3.05, 3.63) is 11.6 Å². The Labute approximate surface area is 191 Å². The smallest absolute Gasteiger partial charge is 0.303 e. The third-order valence-electron chi connectivity index (χ3n) is 9.01. The molecule has 5 nitrogen and oxygen atoms in total. The number of aliphatic hydroxyl groups is 1. The van der Waals surface area contributed by atoms with Crippen molar-refractivity contribution in [1.82, 2.24) is 0 Å². The maximum absolute atomic E-state index is 15.4. The number of carbonyl (C=O) groups is 3. The molecule has 0 aliphatic heterocycles. The summed E-state index contributed by atoms with van der Waals surface area (Å²) in [4.78, 5) is 35.2. The SMILES string of the molecule is CC(=O)OCC(=O)[C@@]1(O)[C@H](F)C[C@H]2[C@@H]3CCC4=CC(=O)CC[C@]4(C)[C@@]3(Cl)[C@@H](Cl)C[C@@]21C. The Morgan fingerprint density at radius 1 is 1.29 bits per heavy atom. The van der Waals surface area contributed by atoms with Gasteiger partial charge in [0, 0.05) is 24.2 Å². The Balaban J connectivity index is 1.75. The van der Waals surface area contributed by atoms with E-state index in [-0.39, 0.29) is 30.5 Å². The van der Waals surface area contributed by atoms with Gasteiger partial charge in [-0.15, -0.1) is 23.2 Å². The minimum absolute atomic E-state index is 0.00435. The van der Waals surface area contributed by atoms with E-state index in [1.54, 1.807) is 13.0 Å². The molecular weight excluding hydrogens is 446 g/mol. The zero-order valence-corrected chi connectivity index (χ0v) is 19.6. The summed E-state index contributed by atoms with van der Waals surface area (Å²) in [5.74, 6) is -2.00. The van der Waals surface area contributed by atoms with Crippen LogP contribution >= 0.6 is 23.2 Å². The molecule has 8 atom stereocenters. The molecule has 0 amide bonds. The van der Waals surface area contributed by atoms with Gasteiger partial charge < -0.3 is 9.84 Å². The Kier molecular flexibility index (Phi) is 5.43. The molecule has 4 rings (SSSR count). The molecule has 8 heteroatoms. The summed E-state index contributed by atoms with van der Waals surface area (Å²) in [6.07, 6.45) is 2.30. The number of rotatable bonds is 3. The molecule has 0 aromatic heterocycles. The number of allylic oxidation sites excluding steroid dienone is 1. The van der Waals surface area contributed by atoms with Crippen molar-refractivity contribution in [2.75, 3.05) is 6.61 Å². The minimum atomic E-state index is -2.29. The van der Waals surface area contributed by atoms with E-state index >= 15 is 4.39 Å². The Morgan fingerprint density at radius 2 is 1.97 bits per heavy atom. The van der Waals surface area contributed by atoms with Crippen molar-refractivity contribution in [2.24, 2.45) is 22.7 Å². The van der Waals surface area contributed by atoms with Gasteiger partial charge in [0.1, 0.15) is 6.17 Å². The number of esters is 1. The highest BCUT2D eigenvalue weighted by Crippen LogP contribution is 2.72. The fourth-order valence-corrected chi connectivity index (χ4v) is 8.53. The zero-order valence-electron chi connectivity index (χ0n) is 18.1. The number of ketones is 2. The van der Waals surface area contributed by atoms with Gasteiger partial charge in [-0.05, 0) is 50.0 Å². The quantitative estimate of drug-likeness (QED) is 0.495. The first-order valence-corrected chi connectivity index (χ1v) is 11.7. The summed E-state index contributed by atoms with van der Waals surface area (Å²) in [5.41, 5.74) is -2.94. The van der Waals surface area contributed by atoms with Crippen LogP contribution in [0.5, 0.6) is 0 Å². The van der Waals surface area contributed by atoms with Gasteiger partial charge >= 0.3 is 5.97 Å². The van der Waals surface area contributed by atoms with Crippen LogP contribution in [0.15, 0.2) is 11.6 Å². The first-order chi connectivity index (χ1) is 14.3.